The molecule has 1 unspecified atom stereocenters. The van der Waals surface area contributed by atoms with E-state index in [1.165, 1.54) is 42.9 Å². The Hall–Kier alpha value is -2.05. The Balaban J connectivity index is 1.58. The number of methoxy groups -OCH3 is 2. The van der Waals surface area contributed by atoms with Crippen LogP contribution in [0.5, 0.6) is 11.5 Å². The predicted molar refractivity (Wildman–Crippen MR) is 126 cm³/mol. The highest BCUT2D eigenvalue weighted by atomic mass is 16.5. The summed E-state index contributed by atoms with van der Waals surface area (Å²) in [5.41, 5.74) is 4.69. The normalized spacial score (nSPS) is 19.5. The van der Waals surface area contributed by atoms with E-state index in [4.69, 9.17) is 19.2 Å². The number of nitrogens with one attached hydrogen (secondary N) is 1. The van der Waals surface area contributed by atoms with E-state index in [-0.39, 0.29) is 6.10 Å². The van der Waals surface area contributed by atoms with E-state index in [9.17, 15) is 0 Å². The number of pyridine rings is 1. The fourth-order valence-electron chi connectivity index (χ4n) is 4.78. The lowest BCUT2D eigenvalue weighted by molar-refractivity contribution is 0.129. The summed E-state index contributed by atoms with van der Waals surface area (Å²) in [7, 11) is 3.46. The van der Waals surface area contributed by atoms with Crippen molar-refractivity contribution in [2.45, 2.75) is 52.1 Å². The van der Waals surface area contributed by atoms with Gasteiger partial charge < -0.3 is 24.4 Å². The minimum absolute atomic E-state index is 0.137. The lowest BCUT2D eigenvalue weighted by Gasteiger charge is -2.19. The van der Waals surface area contributed by atoms with Gasteiger partial charge in [0, 0.05) is 43.0 Å². The molecular formula is C25H37N3O3. The molecule has 2 heterocycles. The highest BCUT2D eigenvalue weighted by Crippen LogP contribution is 2.40. The molecule has 1 N–H and O–H groups in total. The number of ether oxygens (including phenoxy) is 3. The molecule has 1 aliphatic heterocycles. The van der Waals surface area contributed by atoms with Crippen LogP contribution in [-0.4, -0.2) is 63.0 Å². The van der Waals surface area contributed by atoms with Crippen LogP contribution in [0.2, 0.25) is 0 Å². The largest absolute Gasteiger partial charge is 0.493 e. The standard InChI is InChI=1S/C25H37N3O3/c1-17-12-19-21(13-17)27-22-15-24(31-11-7-10-28-8-5-6-9-28)23(30-4)14-20(22)25(19)26-16-18(2)29-3/h14-15,17-18H,5-13,16H2,1-4H3,(H,26,27)/t17?,18-/m0/s1. The number of hydrogen-bond acceptors (Lipinski definition) is 6. The van der Waals surface area contributed by atoms with Gasteiger partial charge in [0.15, 0.2) is 11.5 Å². The van der Waals surface area contributed by atoms with Crippen molar-refractivity contribution in [2.75, 3.05) is 52.3 Å². The number of likely N-dealkylation sites (tertiary alicyclic amines) is 1. The van der Waals surface area contributed by atoms with Crippen molar-refractivity contribution in [1.29, 1.82) is 0 Å². The van der Waals surface area contributed by atoms with Gasteiger partial charge in [0.1, 0.15) is 0 Å². The molecule has 4 rings (SSSR count). The maximum Gasteiger partial charge on any atom is 0.163 e. The second-order valence-electron chi connectivity index (χ2n) is 9.12. The van der Waals surface area contributed by atoms with Crippen LogP contribution >= 0.6 is 0 Å². The maximum absolute atomic E-state index is 6.16. The minimum Gasteiger partial charge on any atom is -0.493 e. The van der Waals surface area contributed by atoms with Gasteiger partial charge in [-0.3, -0.25) is 4.98 Å². The quantitative estimate of drug-likeness (QED) is 0.571. The molecule has 6 nitrogen and oxygen atoms in total. The van der Waals surface area contributed by atoms with Gasteiger partial charge in [-0.25, -0.2) is 0 Å². The molecule has 2 aromatic rings. The van der Waals surface area contributed by atoms with E-state index < -0.39 is 0 Å². The number of rotatable bonds is 10. The third-order valence-electron chi connectivity index (χ3n) is 6.59. The Morgan fingerprint density at radius 2 is 1.97 bits per heavy atom. The molecule has 2 aliphatic rings. The van der Waals surface area contributed by atoms with Gasteiger partial charge in [0.25, 0.3) is 0 Å². The summed E-state index contributed by atoms with van der Waals surface area (Å²) in [6.45, 7) is 9.38. The second kappa shape index (κ2) is 10.0. The highest BCUT2D eigenvalue weighted by Gasteiger charge is 2.25. The first-order valence-corrected chi connectivity index (χ1v) is 11.7. The second-order valence-corrected chi connectivity index (χ2v) is 9.12. The number of hydrogen-bond donors (Lipinski definition) is 1. The van der Waals surface area contributed by atoms with Gasteiger partial charge in [0.2, 0.25) is 0 Å². The topological polar surface area (TPSA) is 55.9 Å². The molecule has 2 atom stereocenters. The highest BCUT2D eigenvalue weighted by molar-refractivity contribution is 5.96. The van der Waals surface area contributed by atoms with Crippen molar-refractivity contribution >= 4 is 16.6 Å². The Bertz CT molecular complexity index is 895. The van der Waals surface area contributed by atoms with Gasteiger partial charge >= 0.3 is 0 Å². The molecule has 0 saturated carbocycles. The van der Waals surface area contributed by atoms with Gasteiger partial charge in [-0.2, -0.15) is 0 Å². The van der Waals surface area contributed by atoms with Crippen LogP contribution < -0.4 is 14.8 Å². The molecule has 0 spiro atoms. The van der Waals surface area contributed by atoms with Crippen LogP contribution in [0, 0.1) is 5.92 Å². The van der Waals surface area contributed by atoms with Crippen molar-refractivity contribution in [3.63, 3.8) is 0 Å². The molecule has 1 aromatic heterocycles. The number of aromatic nitrogens is 1. The van der Waals surface area contributed by atoms with Crippen molar-refractivity contribution in [3.05, 3.63) is 23.4 Å². The van der Waals surface area contributed by atoms with Crippen LogP contribution in [-0.2, 0) is 17.6 Å². The van der Waals surface area contributed by atoms with E-state index in [0.29, 0.717) is 12.5 Å². The first-order chi connectivity index (χ1) is 15.1. The maximum atomic E-state index is 6.16. The van der Waals surface area contributed by atoms with Crippen LogP contribution in [0.15, 0.2) is 12.1 Å². The van der Waals surface area contributed by atoms with Gasteiger partial charge in [0.05, 0.1) is 25.3 Å². The first kappa shape index (κ1) is 22.2. The van der Waals surface area contributed by atoms with Crippen molar-refractivity contribution in [3.8, 4) is 11.5 Å². The average molecular weight is 428 g/mol. The lowest BCUT2D eigenvalue weighted by atomic mass is 10.0. The third-order valence-corrected chi connectivity index (χ3v) is 6.59. The Morgan fingerprint density at radius 3 is 2.71 bits per heavy atom. The summed E-state index contributed by atoms with van der Waals surface area (Å²) in [6, 6.07) is 4.14. The number of anilines is 1. The minimum atomic E-state index is 0.137. The fraction of sp³-hybridized carbons (Fsp3) is 0.640. The summed E-state index contributed by atoms with van der Waals surface area (Å²) in [4.78, 5) is 7.55. The van der Waals surface area contributed by atoms with Crippen LogP contribution in [0.1, 0.15) is 44.4 Å². The van der Waals surface area contributed by atoms with E-state index >= 15 is 0 Å². The number of nitrogens with zero attached hydrogens (tertiary/aromatic N) is 2. The summed E-state index contributed by atoms with van der Waals surface area (Å²) >= 11 is 0. The molecule has 0 amide bonds. The molecular weight excluding hydrogens is 390 g/mol. The zero-order valence-corrected chi connectivity index (χ0v) is 19.5. The number of benzene rings is 1. The third kappa shape index (κ3) is 5.07. The molecule has 170 valence electrons. The lowest BCUT2D eigenvalue weighted by Crippen LogP contribution is -2.22. The first-order valence-electron chi connectivity index (χ1n) is 11.7. The van der Waals surface area contributed by atoms with Crippen LogP contribution in [0.4, 0.5) is 5.69 Å². The van der Waals surface area contributed by atoms with Crippen LogP contribution in [0.25, 0.3) is 10.9 Å². The monoisotopic (exact) mass is 427 g/mol. The van der Waals surface area contributed by atoms with E-state index in [1.54, 1.807) is 14.2 Å². The summed E-state index contributed by atoms with van der Waals surface area (Å²) in [6.07, 6.45) is 5.90. The smallest absolute Gasteiger partial charge is 0.163 e. The Kier molecular flexibility index (Phi) is 7.18. The molecule has 1 saturated heterocycles. The molecule has 1 aliphatic carbocycles. The summed E-state index contributed by atoms with van der Waals surface area (Å²) in [5.74, 6) is 2.17. The van der Waals surface area contributed by atoms with Gasteiger partial charge in [-0.1, -0.05) is 6.92 Å². The summed E-state index contributed by atoms with van der Waals surface area (Å²) < 4.78 is 17.3. The Morgan fingerprint density at radius 1 is 1.16 bits per heavy atom. The average Bonchev–Trinajstić information content (AvgIpc) is 3.42. The van der Waals surface area contributed by atoms with E-state index in [2.05, 4.69) is 36.2 Å². The predicted octanol–water partition coefficient (Wildman–Crippen LogP) is 4.29. The zero-order valence-electron chi connectivity index (χ0n) is 19.5. The zero-order chi connectivity index (χ0) is 21.8. The molecule has 6 heteroatoms. The SMILES string of the molecule is COc1cc2c(NC[C@H](C)OC)c3c(nc2cc1OCCCN1CCCC1)CC(C)C3. The van der Waals surface area contributed by atoms with Crippen LogP contribution in [0.3, 0.4) is 0 Å². The van der Waals surface area contributed by atoms with Crippen molar-refractivity contribution in [2.24, 2.45) is 5.92 Å². The van der Waals surface area contributed by atoms with Gasteiger partial charge in [-0.15, -0.1) is 0 Å². The van der Waals surface area contributed by atoms with Gasteiger partial charge in [-0.05, 0) is 69.7 Å². The molecule has 0 bridgehead atoms. The van der Waals surface area contributed by atoms with Crippen molar-refractivity contribution < 1.29 is 14.2 Å². The molecule has 31 heavy (non-hydrogen) atoms. The molecule has 0 radical (unpaired) electrons. The fourth-order valence-corrected chi connectivity index (χ4v) is 4.78. The van der Waals surface area contributed by atoms with E-state index in [0.717, 1.165) is 54.8 Å². The van der Waals surface area contributed by atoms with Crippen molar-refractivity contribution in [1.82, 2.24) is 9.88 Å². The van der Waals surface area contributed by atoms with E-state index in [1.807, 2.05) is 0 Å². The summed E-state index contributed by atoms with van der Waals surface area (Å²) in [5, 5.41) is 4.74. The molecule has 1 aromatic carbocycles. The number of fused-ring (bicyclic) bond motifs is 2. The Labute approximate surface area is 186 Å². The molecule has 1 fully saturated rings.